The Morgan fingerprint density at radius 2 is 2.00 bits per heavy atom. The van der Waals surface area contributed by atoms with Gasteiger partial charge in [0.05, 0.1) is 23.1 Å². The highest BCUT2D eigenvalue weighted by Crippen LogP contribution is 2.34. The summed E-state index contributed by atoms with van der Waals surface area (Å²) in [5, 5.41) is 12.8. The molecule has 2 heterocycles. The molecule has 0 spiro atoms. The second-order valence-electron chi connectivity index (χ2n) is 6.72. The van der Waals surface area contributed by atoms with Crippen molar-refractivity contribution >= 4 is 29.3 Å². The van der Waals surface area contributed by atoms with Crippen LogP contribution in [-0.4, -0.2) is 39.6 Å². The average molecular weight is 429 g/mol. The van der Waals surface area contributed by atoms with E-state index in [-0.39, 0.29) is 11.2 Å². The monoisotopic (exact) mass is 428 g/mol. The summed E-state index contributed by atoms with van der Waals surface area (Å²) in [4.78, 5) is 12.5. The van der Waals surface area contributed by atoms with Crippen LogP contribution < -0.4 is 10.1 Å². The average Bonchev–Trinajstić information content (AvgIpc) is 3.05. The zero-order valence-corrected chi connectivity index (χ0v) is 17.5. The number of nitrogens with one attached hydrogen (secondary N) is 1. The van der Waals surface area contributed by atoms with Crippen molar-refractivity contribution in [3.8, 4) is 22.8 Å². The number of methoxy groups -OCH3 is 1. The van der Waals surface area contributed by atoms with Crippen molar-refractivity contribution < 1.29 is 9.53 Å². The molecule has 2 aromatic carbocycles. The fourth-order valence-corrected chi connectivity index (χ4v) is 4.67. The normalized spacial score (nSPS) is 16.9. The zero-order valence-electron chi connectivity index (χ0n) is 16.0. The number of benzene rings is 2. The Hall–Kier alpha value is -2.51. The smallest absolute Gasteiger partial charge is 0.233 e. The van der Waals surface area contributed by atoms with Crippen LogP contribution in [0.1, 0.15) is 19.3 Å². The second kappa shape index (κ2) is 8.88. The molecule has 1 saturated heterocycles. The van der Waals surface area contributed by atoms with Gasteiger partial charge < -0.3 is 10.1 Å². The van der Waals surface area contributed by atoms with Crippen molar-refractivity contribution in [2.75, 3.05) is 13.7 Å². The maximum atomic E-state index is 12.5. The molecule has 1 amide bonds. The van der Waals surface area contributed by atoms with Crippen LogP contribution in [0.3, 0.4) is 0 Å². The number of amides is 1. The third kappa shape index (κ3) is 4.26. The predicted molar refractivity (Wildman–Crippen MR) is 115 cm³/mol. The first-order valence-corrected chi connectivity index (χ1v) is 10.7. The van der Waals surface area contributed by atoms with Gasteiger partial charge in [-0.2, -0.15) is 0 Å². The summed E-state index contributed by atoms with van der Waals surface area (Å²) in [5.41, 5.74) is 1.75. The fourth-order valence-electron chi connectivity index (χ4n) is 3.30. The van der Waals surface area contributed by atoms with E-state index >= 15 is 0 Å². The van der Waals surface area contributed by atoms with E-state index in [1.807, 2.05) is 53.1 Å². The molecule has 0 aliphatic carbocycles. The van der Waals surface area contributed by atoms with Crippen molar-refractivity contribution in [1.29, 1.82) is 0 Å². The highest BCUT2D eigenvalue weighted by atomic mass is 35.5. The van der Waals surface area contributed by atoms with E-state index in [4.69, 9.17) is 16.3 Å². The largest absolute Gasteiger partial charge is 0.495 e. The Labute approximate surface area is 178 Å². The quantitative estimate of drug-likeness (QED) is 0.654. The third-order valence-corrected chi connectivity index (χ3v) is 6.30. The lowest BCUT2D eigenvalue weighted by atomic mass is 10.2. The van der Waals surface area contributed by atoms with Crippen LogP contribution >= 0.6 is 23.4 Å². The molecular formula is C21H21ClN4O2S. The van der Waals surface area contributed by atoms with Crippen molar-refractivity contribution in [3.63, 3.8) is 0 Å². The van der Waals surface area contributed by atoms with Gasteiger partial charge in [-0.05, 0) is 31.0 Å². The van der Waals surface area contributed by atoms with E-state index in [2.05, 4.69) is 15.5 Å². The molecule has 6 nitrogen and oxygen atoms in total. The summed E-state index contributed by atoms with van der Waals surface area (Å²) in [6.45, 7) is 0.728. The number of aromatic nitrogens is 3. The number of carbonyl (C=O) groups excluding carboxylic acids is 1. The number of rotatable bonds is 5. The fraction of sp³-hybridized carbons (Fsp3) is 0.286. The Morgan fingerprint density at radius 3 is 2.76 bits per heavy atom. The first kappa shape index (κ1) is 19.8. The molecule has 1 aliphatic rings. The van der Waals surface area contributed by atoms with Crippen LogP contribution in [0.4, 0.5) is 0 Å². The van der Waals surface area contributed by atoms with Crippen molar-refractivity contribution in [1.82, 2.24) is 20.1 Å². The van der Waals surface area contributed by atoms with Crippen LogP contribution in [0.5, 0.6) is 5.75 Å². The number of nitrogens with zero attached hydrogens (tertiary/aromatic N) is 3. The van der Waals surface area contributed by atoms with Gasteiger partial charge in [0.2, 0.25) is 5.91 Å². The van der Waals surface area contributed by atoms with E-state index in [9.17, 15) is 4.79 Å². The highest BCUT2D eigenvalue weighted by molar-refractivity contribution is 8.00. The van der Waals surface area contributed by atoms with E-state index in [0.717, 1.165) is 37.1 Å². The van der Waals surface area contributed by atoms with Crippen LogP contribution in [0.25, 0.3) is 17.1 Å². The molecule has 1 aromatic heterocycles. The maximum absolute atomic E-state index is 12.5. The molecule has 4 rings (SSSR count). The van der Waals surface area contributed by atoms with Gasteiger partial charge in [-0.3, -0.25) is 9.36 Å². The van der Waals surface area contributed by atoms with E-state index < -0.39 is 0 Å². The number of halogens is 1. The van der Waals surface area contributed by atoms with Gasteiger partial charge >= 0.3 is 0 Å². The summed E-state index contributed by atoms with van der Waals surface area (Å²) >= 11 is 7.83. The SMILES string of the molecule is COc1ccc(-n2c(S[C@@H]3CCCCNC3=O)nnc2-c2ccccc2)cc1Cl. The molecule has 150 valence electrons. The molecule has 0 radical (unpaired) electrons. The van der Waals surface area contributed by atoms with Gasteiger partial charge in [0.1, 0.15) is 5.75 Å². The van der Waals surface area contributed by atoms with E-state index in [0.29, 0.717) is 21.8 Å². The summed E-state index contributed by atoms with van der Waals surface area (Å²) < 4.78 is 7.23. The number of carbonyl (C=O) groups is 1. The third-order valence-electron chi connectivity index (χ3n) is 4.79. The molecule has 0 bridgehead atoms. The number of hydrogen-bond acceptors (Lipinski definition) is 5. The molecule has 1 atom stereocenters. The minimum Gasteiger partial charge on any atom is -0.495 e. The molecule has 0 unspecified atom stereocenters. The minimum absolute atomic E-state index is 0.0519. The van der Waals surface area contributed by atoms with Crippen LogP contribution in [0.2, 0.25) is 5.02 Å². The van der Waals surface area contributed by atoms with Crippen LogP contribution in [0.15, 0.2) is 53.7 Å². The molecule has 1 aliphatic heterocycles. The molecule has 1 N–H and O–H groups in total. The van der Waals surface area contributed by atoms with Crippen molar-refractivity contribution in [2.24, 2.45) is 0 Å². The first-order valence-electron chi connectivity index (χ1n) is 9.46. The predicted octanol–water partition coefficient (Wildman–Crippen LogP) is 4.36. The Morgan fingerprint density at radius 1 is 1.17 bits per heavy atom. The van der Waals surface area contributed by atoms with Gasteiger partial charge in [0.25, 0.3) is 0 Å². The highest BCUT2D eigenvalue weighted by Gasteiger charge is 2.26. The lowest BCUT2D eigenvalue weighted by molar-refractivity contribution is -0.120. The van der Waals surface area contributed by atoms with Crippen LogP contribution in [-0.2, 0) is 4.79 Å². The van der Waals surface area contributed by atoms with Gasteiger partial charge in [-0.15, -0.1) is 10.2 Å². The molecule has 29 heavy (non-hydrogen) atoms. The molecule has 8 heteroatoms. The topological polar surface area (TPSA) is 69.0 Å². The summed E-state index contributed by atoms with van der Waals surface area (Å²) in [6, 6.07) is 15.4. The maximum Gasteiger partial charge on any atom is 0.233 e. The summed E-state index contributed by atoms with van der Waals surface area (Å²) in [7, 11) is 1.58. The van der Waals surface area contributed by atoms with Gasteiger partial charge in [-0.25, -0.2) is 0 Å². The molecule has 1 fully saturated rings. The van der Waals surface area contributed by atoms with Gasteiger partial charge in [0, 0.05) is 12.1 Å². The van der Waals surface area contributed by atoms with Crippen molar-refractivity contribution in [2.45, 2.75) is 29.7 Å². The molecule has 3 aromatic rings. The number of hydrogen-bond donors (Lipinski definition) is 1. The lowest BCUT2D eigenvalue weighted by Gasteiger charge is -2.15. The Balaban J connectivity index is 1.78. The van der Waals surface area contributed by atoms with Crippen LogP contribution in [0, 0.1) is 0 Å². The Kier molecular flexibility index (Phi) is 6.06. The lowest BCUT2D eigenvalue weighted by Crippen LogP contribution is -2.30. The summed E-state index contributed by atoms with van der Waals surface area (Å²) in [6.07, 6.45) is 2.82. The number of thioether (sulfide) groups is 1. The number of ether oxygens (including phenoxy) is 1. The van der Waals surface area contributed by atoms with Gasteiger partial charge in [0.15, 0.2) is 11.0 Å². The summed E-state index contributed by atoms with van der Waals surface area (Å²) in [5.74, 6) is 1.35. The zero-order chi connectivity index (χ0) is 20.2. The second-order valence-corrected chi connectivity index (χ2v) is 8.30. The molecular weight excluding hydrogens is 408 g/mol. The van der Waals surface area contributed by atoms with Gasteiger partial charge in [-0.1, -0.05) is 60.1 Å². The first-order chi connectivity index (χ1) is 14.2. The van der Waals surface area contributed by atoms with E-state index in [1.54, 1.807) is 7.11 Å². The minimum atomic E-state index is -0.196. The Bertz CT molecular complexity index is 1010. The van der Waals surface area contributed by atoms with E-state index in [1.165, 1.54) is 11.8 Å². The molecule has 0 saturated carbocycles. The van der Waals surface area contributed by atoms with Crippen molar-refractivity contribution in [3.05, 3.63) is 53.6 Å². The standard InChI is InChI=1S/C21H21ClN4O2S/c1-28-17-11-10-15(13-16(17)22)26-19(14-7-3-2-4-8-14)24-25-21(26)29-18-9-5-6-12-23-20(18)27/h2-4,7-8,10-11,13,18H,5-6,9,12H2,1H3,(H,23,27)/t18-/m1/s1.